The molecule has 1 aromatic heterocycles. The van der Waals surface area contributed by atoms with Gasteiger partial charge in [0.1, 0.15) is 0 Å². The van der Waals surface area contributed by atoms with Crippen LogP contribution in [0, 0.1) is 0 Å². The lowest BCUT2D eigenvalue weighted by atomic mass is 10.2. The summed E-state index contributed by atoms with van der Waals surface area (Å²) in [6.07, 6.45) is 0.877. The Kier molecular flexibility index (Phi) is 5.81. The Bertz CT molecular complexity index is 722. The molecule has 1 aliphatic rings. The van der Waals surface area contributed by atoms with Crippen LogP contribution in [0.1, 0.15) is 18.4 Å². The molecule has 0 aliphatic carbocycles. The number of benzene rings is 1. The number of piperazine rings is 1. The number of aryl methyl sites for hydroxylation is 1. The highest BCUT2D eigenvalue weighted by Crippen LogP contribution is 2.26. The van der Waals surface area contributed by atoms with Crippen molar-refractivity contribution in [2.45, 2.75) is 19.9 Å². The first kappa shape index (κ1) is 17.6. The van der Waals surface area contributed by atoms with Gasteiger partial charge in [0.2, 0.25) is 0 Å². The molecule has 0 unspecified atom stereocenters. The van der Waals surface area contributed by atoms with E-state index in [2.05, 4.69) is 38.3 Å². The average Bonchev–Trinajstić information content (AvgIpc) is 3.11. The van der Waals surface area contributed by atoms with Gasteiger partial charge in [-0.2, -0.15) is 0 Å². The average molecular weight is 362 g/mol. The van der Waals surface area contributed by atoms with E-state index in [1.165, 1.54) is 0 Å². The lowest BCUT2D eigenvalue weighted by molar-refractivity contribution is 0.356. The Labute approximate surface area is 153 Å². The molecule has 0 saturated carbocycles. The Morgan fingerprint density at radius 1 is 1.28 bits per heavy atom. The molecule has 0 radical (unpaired) electrons. The minimum atomic E-state index is 0.588. The predicted molar refractivity (Wildman–Crippen MR) is 101 cm³/mol. The van der Waals surface area contributed by atoms with Crippen LogP contribution in [0.15, 0.2) is 39.8 Å². The molecule has 0 atom stereocenters. The summed E-state index contributed by atoms with van der Waals surface area (Å²) in [6.45, 7) is 6.25. The minimum absolute atomic E-state index is 0.588. The minimum Gasteiger partial charge on any atom is -0.367 e. The van der Waals surface area contributed by atoms with Crippen LogP contribution >= 0.6 is 11.6 Å². The lowest BCUT2D eigenvalue weighted by Gasteiger charge is -2.37. The molecule has 1 aromatic carbocycles. The number of aliphatic imine (C=N–C) groups is 1. The number of nitrogens with zero attached hydrogens (tertiary/aromatic N) is 4. The maximum atomic E-state index is 6.31. The number of anilines is 1. The fraction of sp³-hybridized carbons (Fsp3) is 0.444. The molecule has 1 aliphatic heterocycles. The van der Waals surface area contributed by atoms with E-state index in [0.29, 0.717) is 6.54 Å². The highest BCUT2D eigenvalue weighted by atomic mass is 35.5. The number of nitrogens with one attached hydrogen (secondary N) is 1. The molecular weight excluding hydrogens is 338 g/mol. The number of hydrogen-bond donors (Lipinski definition) is 1. The molecule has 25 heavy (non-hydrogen) atoms. The van der Waals surface area contributed by atoms with Gasteiger partial charge in [-0.25, -0.2) is 0 Å². The van der Waals surface area contributed by atoms with E-state index in [4.69, 9.17) is 16.1 Å². The molecule has 1 fully saturated rings. The van der Waals surface area contributed by atoms with Crippen molar-refractivity contribution in [3.8, 4) is 0 Å². The first-order chi connectivity index (χ1) is 12.2. The third kappa shape index (κ3) is 4.25. The fourth-order valence-corrected chi connectivity index (χ4v) is 3.23. The molecule has 2 aromatic rings. The van der Waals surface area contributed by atoms with Gasteiger partial charge < -0.3 is 19.6 Å². The maximum Gasteiger partial charge on any atom is 0.194 e. The van der Waals surface area contributed by atoms with Crippen molar-refractivity contribution < 1.29 is 4.52 Å². The lowest BCUT2D eigenvalue weighted by Crippen LogP contribution is -2.52. The number of para-hydroxylation sites is 1. The normalized spacial score (nSPS) is 15.6. The predicted octanol–water partition coefficient (Wildman–Crippen LogP) is 2.79. The summed E-state index contributed by atoms with van der Waals surface area (Å²) in [6, 6.07) is 9.97. The molecular formula is C18H24ClN5O. The summed E-state index contributed by atoms with van der Waals surface area (Å²) >= 11 is 6.31. The van der Waals surface area contributed by atoms with Gasteiger partial charge in [0.05, 0.1) is 22.9 Å². The Morgan fingerprint density at radius 2 is 2.04 bits per heavy atom. The van der Waals surface area contributed by atoms with Crippen LogP contribution in [0.25, 0.3) is 0 Å². The smallest absolute Gasteiger partial charge is 0.194 e. The van der Waals surface area contributed by atoms with Crippen molar-refractivity contribution >= 4 is 23.2 Å². The number of rotatable bonds is 4. The molecule has 1 N–H and O–H groups in total. The van der Waals surface area contributed by atoms with E-state index in [-0.39, 0.29) is 0 Å². The second kappa shape index (κ2) is 8.25. The fourth-order valence-electron chi connectivity index (χ4n) is 2.97. The Balaban J connectivity index is 1.54. The molecule has 0 bridgehead atoms. The van der Waals surface area contributed by atoms with Crippen molar-refractivity contribution in [1.29, 1.82) is 0 Å². The third-order valence-electron chi connectivity index (χ3n) is 4.37. The monoisotopic (exact) mass is 361 g/mol. The van der Waals surface area contributed by atoms with E-state index >= 15 is 0 Å². The third-order valence-corrected chi connectivity index (χ3v) is 4.69. The number of hydrogen-bond acceptors (Lipinski definition) is 4. The zero-order valence-corrected chi connectivity index (χ0v) is 15.5. The van der Waals surface area contributed by atoms with Crippen LogP contribution < -0.4 is 10.2 Å². The van der Waals surface area contributed by atoms with E-state index in [0.717, 1.165) is 60.7 Å². The molecule has 1 saturated heterocycles. The molecule has 2 heterocycles. The van der Waals surface area contributed by atoms with Gasteiger partial charge in [-0.05, 0) is 18.6 Å². The van der Waals surface area contributed by atoms with Crippen LogP contribution in [0.5, 0.6) is 0 Å². The van der Waals surface area contributed by atoms with Gasteiger partial charge in [0.25, 0.3) is 0 Å². The molecule has 0 amide bonds. The molecule has 7 heteroatoms. The van der Waals surface area contributed by atoms with Gasteiger partial charge in [0, 0.05) is 39.3 Å². The largest absolute Gasteiger partial charge is 0.367 e. The second-order valence-electron chi connectivity index (χ2n) is 5.96. The Hall–Kier alpha value is -2.21. The summed E-state index contributed by atoms with van der Waals surface area (Å²) in [5.41, 5.74) is 2.07. The van der Waals surface area contributed by atoms with Crippen molar-refractivity contribution in [2.75, 3.05) is 38.1 Å². The van der Waals surface area contributed by atoms with E-state index in [9.17, 15) is 0 Å². The summed E-state index contributed by atoms with van der Waals surface area (Å²) in [7, 11) is 1.81. The molecule has 0 spiro atoms. The van der Waals surface area contributed by atoms with E-state index in [1.807, 2.05) is 24.3 Å². The van der Waals surface area contributed by atoms with E-state index < -0.39 is 0 Å². The van der Waals surface area contributed by atoms with Crippen LogP contribution in [-0.2, 0) is 13.0 Å². The highest BCUT2D eigenvalue weighted by molar-refractivity contribution is 6.33. The van der Waals surface area contributed by atoms with Crippen molar-refractivity contribution in [1.82, 2.24) is 15.4 Å². The van der Waals surface area contributed by atoms with Crippen LogP contribution in [0.2, 0.25) is 5.02 Å². The highest BCUT2D eigenvalue weighted by Gasteiger charge is 2.21. The van der Waals surface area contributed by atoms with Crippen LogP contribution in [0.4, 0.5) is 5.69 Å². The topological polar surface area (TPSA) is 56.9 Å². The van der Waals surface area contributed by atoms with Crippen LogP contribution in [0.3, 0.4) is 0 Å². The summed E-state index contributed by atoms with van der Waals surface area (Å²) in [5.74, 6) is 1.71. The van der Waals surface area contributed by atoms with Crippen LogP contribution in [-0.4, -0.2) is 49.2 Å². The van der Waals surface area contributed by atoms with Crippen molar-refractivity contribution in [3.05, 3.63) is 46.8 Å². The number of halogens is 1. The van der Waals surface area contributed by atoms with Crippen molar-refractivity contribution in [3.63, 3.8) is 0 Å². The van der Waals surface area contributed by atoms with E-state index in [1.54, 1.807) is 7.05 Å². The second-order valence-corrected chi connectivity index (χ2v) is 6.37. The number of aromatic nitrogens is 1. The Morgan fingerprint density at radius 3 is 2.68 bits per heavy atom. The first-order valence-corrected chi connectivity index (χ1v) is 8.98. The first-order valence-electron chi connectivity index (χ1n) is 8.60. The summed E-state index contributed by atoms with van der Waals surface area (Å²) in [5, 5.41) is 8.17. The standard InChI is InChI=1S/C18H24ClN5O/c1-3-14-12-15(25-22-14)13-21-18(20-2)24-10-8-23(9-11-24)17-7-5-4-6-16(17)19/h4-7,12H,3,8-11,13H2,1-2H3,(H,20,21). The zero-order chi connectivity index (χ0) is 17.6. The van der Waals surface area contributed by atoms with Gasteiger partial charge in [0.15, 0.2) is 11.7 Å². The van der Waals surface area contributed by atoms with Gasteiger partial charge in [-0.3, -0.25) is 4.99 Å². The van der Waals surface area contributed by atoms with Gasteiger partial charge >= 0.3 is 0 Å². The molecule has 3 rings (SSSR count). The van der Waals surface area contributed by atoms with Gasteiger partial charge in [-0.1, -0.05) is 35.8 Å². The molecule has 134 valence electrons. The maximum absolute atomic E-state index is 6.31. The van der Waals surface area contributed by atoms with Crippen molar-refractivity contribution in [2.24, 2.45) is 4.99 Å². The molecule has 6 nitrogen and oxygen atoms in total. The SMILES string of the molecule is CCc1cc(CNC(=NC)N2CCN(c3ccccc3Cl)CC2)on1. The summed E-state index contributed by atoms with van der Waals surface area (Å²) in [4.78, 5) is 8.96. The number of guanidine groups is 1. The zero-order valence-electron chi connectivity index (χ0n) is 14.7. The van der Waals surface area contributed by atoms with Gasteiger partial charge in [-0.15, -0.1) is 0 Å². The quantitative estimate of drug-likeness (QED) is 0.670. The summed E-state index contributed by atoms with van der Waals surface area (Å²) < 4.78 is 5.32.